The molecule has 0 aliphatic carbocycles. The quantitative estimate of drug-likeness (QED) is 0.416. The molecule has 0 fully saturated rings. The van der Waals surface area contributed by atoms with Crippen LogP contribution in [0, 0.1) is 0 Å². The van der Waals surface area contributed by atoms with Crippen LogP contribution < -0.4 is 16.4 Å². The van der Waals surface area contributed by atoms with E-state index in [0.717, 1.165) is 13.1 Å². The number of halogens is 3. The van der Waals surface area contributed by atoms with Crippen LogP contribution >= 0.6 is 34.8 Å². The van der Waals surface area contributed by atoms with E-state index < -0.39 is 0 Å². The van der Waals surface area contributed by atoms with E-state index in [4.69, 9.17) is 45.3 Å². The summed E-state index contributed by atoms with van der Waals surface area (Å²) in [6.07, 6.45) is 0. The molecule has 2 aromatic rings. The summed E-state index contributed by atoms with van der Waals surface area (Å²) in [4.78, 5) is 16.3. The fourth-order valence-corrected chi connectivity index (χ4v) is 3.04. The number of nitrogens with zero attached hydrogens (tertiary/aromatic N) is 1. The number of nitrogens with two attached hydrogens (primary N) is 1. The summed E-state index contributed by atoms with van der Waals surface area (Å²) in [5.74, 6) is -0.177. The topological polar surface area (TPSA) is 89.3 Å². The Morgan fingerprint density at radius 2 is 1.89 bits per heavy atom. The Morgan fingerprint density at radius 1 is 1.15 bits per heavy atom. The molecule has 1 amide bonds. The molecule has 0 saturated carbocycles. The number of nitrogens with one attached hydrogen (secondary N) is 2. The van der Waals surface area contributed by atoms with Gasteiger partial charge in [0.1, 0.15) is 11.5 Å². The maximum atomic E-state index is 12.2. The second kappa shape index (κ2) is 10.7. The first-order valence-corrected chi connectivity index (χ1v) is 9.55. The molecule has 6 nitrogen and oxygen atoms in total. The third-order valence-corrected chi connectivity index (χ3v) is 4.67. The molecule has 0 aliphatic heterocycles. The summed E-state index contributed by atoms with van der Waals surface area (Å²) < 4.78 is 5.40. The van der Waals surface area contributed by atoms with Crippen molar-refractivity contribution in [3.05, 3.63) is 45.0 Å². The van der Waals surface area contributed by atoms with Crippen molar-refractivity contribution in [2.75, 3.05) is 38.6 Å². The lowest BCUT2D eigenvalue weighted by Crippen LogP contribution is -2.29. The van der Waals surface area contributed by atoms with E-state index in [1.54, 1.807) is 24.3 Å². The first-order chi connectivity index (χ1) is 12.9. The highest BCUT2D eigenvalue weighted by atomic mass is 35.5. The van der Waals surface area contributed by atoms with E-state index >= 15 is 0 Å². The molecule has 0 unspecified atom stereocenters. The number of pyridine rings is 1. The highest BCUT2D eigenvalue weighted by molar-refractivity contribution is 6.45. The molecule has 4 N–H and O–H groups in total. The molecule has 0 saturated heterocycles. The fraction of sp³-hybridized carbons (Fsp3) is 0.333. The Kier molecular flexibility index (Phi) is 8.60. The number of anilines is 1. The third kappa shape index (κ3) is 6.23. The molecular weight excluding hydrogens is 411 g/mol. The van der Waals surface area contributed by atoms with Gasteiger partial charge in [0.05, 0.1) is 23.3 Å². The molecule has 0 radical (unpaired) electrons. The zero-order valence-electron chi connectivity index (χ0n) is 14.8. The molecule has 0 aliphatic rings. The summed E-state index contributed by atoms with van der Waals surface area (Å²) in [7, 11) is 0. The van der Waals surface area contributed by atoms with E-state index in [1.165, 1.54) is 0 Å². The van der Waals surface area contributed by atoms with Crippen LogP contribution in [-0.2, 0) is 4.74 Å². The number of amides is 1. The number of hydrogen-bond acceptors (Lipinski definition) is 5. The van der Waals surface area contributed by atoms with Gasteiger partial charge in [0, 0.05) is 29.2 Å². The second-order valence-electron chi connectivity index (χ2n) is 5.60. The highest BCUT2D eigenvalue weighted by Crippen LogP contribution is 2.38. The van der Waals surface area contributed by atoms with Crippen molar-refractivity contribution < 1.29 is 9.53 Å². The predicted molar refractivity (Wildman–Crippen MR) is 111 cm³/mol. The van der Waals surface area contributed by atoms with Crippen LogP contribution in [0.15, 0.2) is 24.3 Å². The van der Waals surface area contributed by atoms with Crippen molar-refractivity contribution in [2.24, 2.45) is 0 Å². The summed E-state index contributed by atoms with van der Waals surface area (Å²) in [5, 5.41) is 6.94. The van der Waals surface area contributed by atoms with Gasteiger partial charge in [0.15, 0.2) is 0 Å². The van der Waals surface area contributed by atoms with Crippen molar-refractivity contribution in [2.45, 2.75) is 6.92 Å². The maximum Gasteiger partial charge on any atom is 0.270 e. The molecule has 9 heteroatoms. The van der Waals surface area contributed by atoms with Crippen LogP contribution in [0.3, 0.4) is 0 Å². The monoisotopic (exact) mass is 430 g/mol. The van der Waals surface area contributed by atoms with Gasteiger partial charge in [-0.25, -0.2) is 4.98 Å². The van der Waals surface area contributed by atoms with Gasteiger partial charge in [-0.05, 0) is 30.8 Å². The smallest absolute Gasteiger partial charge is 0.270 e. The van der Waals surface area contributed by atoms with E-state index in [2.05, 4.69) is 15.6 Å². The average Bonchev–Trinajstić information content (AvgIpc) is 2.64. The summed E-state index contributed by atoms with van der Waals surface area (Å²) in [6.45, 7) is 5.09. The van der Waals surface area contributed by atoms with Crippen molar-refractivity contribution in [3.8, 4) is 11.1 Å². The normalized spacial score (nSPS) is 10.8. The average molecular weight is 432 g/mol. The Morgan fingerprint density at radius 3 is 2.59 bits per heavy atom. The molecule has 0 atom stereocenters. The highest BCUT2D eigenvalue weighted by Gasteiger charge is 2.15. The number of carbonyl (C=O) groups excluding carboxylic acids is 1. The van der Waals surface area contributed by atoms with Crippen LogP contribution in [0.1, 0.15) is 17.4 Å². The molecule has 0 bridgehead atoms. The molecule has 0 spiro atoms. The van der Waals surface area contributed by atoms with Gasteiger partial charge in [-0.3, -0.25) is 4.79 Å². The lowest BCUT2D eigenvalue weighted by atomic mass is 10.1. The van der Waals surface area contributed by atoms with Gasteiger partial charge in [0.2, 0.25) is 0 Å². The number of likely N-dealkylation sites (N-methyl/N-ethyl adjacent to an activating group) is 1. The van der Waals surface area contributed by atoms with Gasteiger partial charge in [-0.1, -0.05) is 41.7 Å². The van der Waals surface area contributed by atoms with Gasteiger partial charge < -0.3 is 21.1 Å². The number of aromatic nitrogens is 1. The van der Waals surface area contributed by atoms with E-state index in [1.807, 2.05) is 6.92 Å². The number of ether oxygens (including phenoxy) is 1. The Labute approximate surface area is 173 Å². The predicted octanol–water partition coefficient (Wildman–Crippen LogP) is 3.65. The summed E-state index contributed by atoms with van der Waals surface area (Å²) >= 11 is 18.3. The summed E-state index contributed by atoms with van der Waals surface area (Å²) in [5.41, 5.74) is 7.32. The molecule has 1 aromatic carbocycles. The van der Waals surface area contributed by atoms with Crippen molar-refractivity contribution in [1.82, 2.24) is 15.6 Å². The molecule has 27 heavy (non-hydrogen) atoms. The largest absolute Gasteiger partial charge is 0.383 e. The number of benzene rings is 1. The van der Waals surface area contributed by atoms with Crippen molar-refractivity contribution in [1.29, 1.82) is 0 Å². The van der Waals surface area contributed by atoms with E-state index in [9.17, 15) is 4.79 Å². The van der Waals surface area contributed by atoms with Crippen LogP contribution in [0.5, 0.6) is 0 Å². The third-order valence-electron chi connectivity index (χ3n) is 3.65. The number of carbonyl (C=O) groups is 1. The maximum absolute atomic E-state index is 12.2. The van der Waals surface area contributed by atoms with Gasteiger partial charge >= 0.3 is 0 Å². The van der Waals surface area contributed by atoms with Gasteiger partial charge in [-0.2, -0.15) is 0 Å². The van der Waals surface area contributed by atoms with Crippen molar-refractivity contribution >= 4 is 46.5 Å². The van der Waals surface area contributed by atoms with E-state index in [-0.39, 0.29) is 17.4 Å². The number of nitrogen functional groups attached to an aromatic ring is 1. The fourth-order valence-electron chi connectivity index (χ4n) is 2.33. The SMILES string of the molecule is CCNCCOCCNC(=O)c1ccc(-c2cc(Cl)cc(Cl)c2Cl)c(N)n1. The minimum Gasteiger partial charge on any atom is -0.383 e. The van der Waals surface area contributed by atoms with Crippen molar-refractivity contribution in [3.63, 3.8) is 0 Å². The lowest BCUT2D eigenvalue weighted by Gasteiger charge is -2.11. The number of hydrogen-bond donors (Lipinski definition) is 3. The van der Waals surface area contributed by atoms with Crippen LogP contribution in [0.25, 0.3) is 11.1 Å². The second-order valence-corrected chi connectivity index (χ2v) is 6.82. The number of rotatable bonds is 9. The van der Waals surface area contributed by atoms with Crippen LogP contribution in [0.2, 0.25) is 15.1 Å². The van der Waals surface area contributed by atoms with E-state index in [0.29, 0.717) is 46.0 Å². The van der Waals surface area contributed by atoms with Crippen LogP contribution in [0.4, 0.5) is 5.82 Å². The zero-order chi connectivity index (χ0) is 19.8. The van der Waals surface area contributed by atoms with Crippen LogP contribution in [-0.4, -0.2) is 43.7 Å². The lowest BCUT2D eigenvalue weighted by molar-refractivity contribution is 0.0912. The standard InChI is InChI=1S/C18H21Cl3N4O2/c1-2-23-5-7-27-8-6-24-18(26)15-4-3-12(17(22)25-15)13-9-11(19)10-14(20)16(13)21/h3-4,9-10,23H,2,5-8H2,1H3,(H2,22,25)(H,24,26). The Bertz CT molecular complexity index is 802. The van der Waals surface area contributed by atoms with Gasteiger partial charge in [0.25, 0.3) is 5.91 Å². The first kappa shape index (κ1) is 21.7. The molecule has 146 valence electrons. The zero-order valence-corrected chi connectivity index (χ0v) is 17.1. The Balaban J connectivity index is 1.99. The molecule has 1 heterocycles. The molecule has 1 aromatic heterocycles. The molecule has 2 rings (SSSR count). The first-order valence-electron chi connectivity index (χ1n) is 8.42. The minimum absolute atomic E-state index is 0.157. The Hall–Kier alpha value is -1.57. The summed E-state index contributed by atoms with van der Waals surface area (Å²) in [6, 6.07) is 6.42. The minimum atomic E-state index is -0.334. The van der Waals surface area contributed by atoms with Gasteiger partial charge in [-0.15, -0.1) is 0 Å². The molecular formula is C18H21Cl3N4O2.